The summed E-state index contributed by atoms with van der Waals surface area (Å²) < 4.78 is 5.28. The van der Waals surface area contributed by atoms with Gasteiger partial charge in [0.1, 0.15) is 11.8 Å². The van der Waals surface area contributed by atoms with Crippen molar-refractivity contribution in [2.24, 2.45) is 0 Å². The average Bonchev–Trinajstić information content (AvgIpc) is 2.79. The standard InChI is InChI=1S/C23H29N3O5S/c1-4-21(23(28)24-5-2)25(14-18-7-6-8-20(13-18)31-3)22(27)16-32-15-17-9-11-19(12-10-17)26(29)30/h6-13,21H,4-5,14-16H2,1-3H3,(H,24,28)/t21-/m1/s1. The molecule has 0 saturated heterocycles. The van der Waals surface area contributed by atoms with Crippen molar-refractivity contribution in [1.29, 1.82) is 0 Å². The number of hydrogen-bond acceptors (Lipinski definition) is 6. The van der Waals surface area contributed by atoms with Crippen LogP contribution in [0.3, 0.4) is 0 Å². The van der Waals surface area contributed by atoms with E-state index in [9.17, 15) is 19.7 Å². The molecule has 0 bridgehead atoms. The summed E-state index contributed by atoms with van der Waals surface area (Å²) in [7, 11) is 1.58. The molecule has 0 spiro atoms. The number of thioether (sulfide) groups is 1. The minimum absolute atomic E-state index is 0.0343. The zero-order valence-electron chi connectivity index (χ0n) is 18.6. The lowest BCUT2D eigenvalue weighted by Crippen LogP contribution is -2.49. The van der Waals surface area contributed by atoms with Gasteiger partial charge in [-0.25, -0.2) is 0 Å². The average molecular weight is 460 g/mol. The molecule has 32 heavy (non-hydrogen) atoms. The molecular weight excluding hydrogens is 430 g/mol. The number of nitrogens with one attached hydrogen (secondary N) is 1. The van der Waals surface area contributed by atoms with Crippen LogP contribution in [0.4, 0.5) is 5.69 Å². The summed E-state index contributed by atoms with van der Waals surface area (Å²) in [5, 5.41) is 13.6. The number of ether oxygens (including phenoxy) is 1. The number of methoxy groups -OCH3 is 1. The molecule has 2 aromatic carbocycles. The molecule has 0 aliphatic carbocycles. The number of carbonyl (C=O) groups is 2. The van der Waals surface area contributed by atoms with Crippen LogP contribution in [0.2, 0.25) is 0 Å². The number of nitro groups is 1. The Hall–Kier alpha value is -3.07. The molecular formula is C23H29N3O5S. The Morgan fingerprint density at radius 1 is 1.16 bits per heavy atom. The molecule has 2 amide bonds. The zero-order valence-corrected chi connectivity index (χ0v) is 19.4. The van der Waals surface area contributed by atoms with Gasteiger partial charge in [0.25, 0.3) is 5.69 Å². The fraction of sp³-hybridized carbons (Fsp3) is 0.391. The summed E-state index contributed by atoms with van der Waals surface area (Å²) >= 11 is 1.41. The Kier molecular flexibility index (Phi) is 10.0. The molecule has 2 aromatic rings. The first kappa shape index (κ1) is 25.2. The Morgan fingerprint density at radius 3 is 2.47 bits per heavy atom. The Bertz CT molecular complexity index is 920. The van der Waals surface area contributed by atoms with Crippen molar-refractivity contribution >= 4 is 29.3 Å². The van der Waals surface area contributed by atoms with E-state index < -0.39 is 11.0 Å². The summed E-state index contributed by atoms with van der Waals surface area (Å²) in [6, 6.07) is 13.1. The van der Waals surface area contributed by atoms with E-state index in [2.05, 4.69) is 5.32 Å². The van der Waals surface area contributed by atoms with E-state index in [1.165, 1.54) is 23.9 Å². The number of hydrogen-bond donors (Lipinski definition) is 1. The maximum atomic E-state index is 13.1. The molecule has 0 saturated carbocycles. The molecule has 1 atom stereocenters. The SMILES string of the molecule is CCNC(=O)[C@@H](CC)N(Cc1cccc(OC)c1)C(=O)CSCc1ccc([N+](=O)[O-])cc1. The second kappa shape index (κ2) is 12.7. The van der Waals surface area contributed by atoms with E-state index in [0.717, 1.165) is 11.1 Å². The van der Waals surface area contributed by atoms with Crippen LogP contribution < -0.4 is 10.1 Å². The lowest BCUT2D eigenvalue weighted by Gasteiger charge is -2.30. The van der Waals surface area contributed by atoms with Crippen LogP contribution >= 0.6 is 11.8 Å². The van der Waals surface area contributed by atoms with E-state index >= 15 is 0 Å². The Labute approximate surface area is 192 Å². The quantitative estimate of drug-likeness (QED) is 0.383. The van der Waals surface area contributed by atoms with Gasteiger partial charge in [0.2, 0.25) is 11.8 Å². The van der Waals surface area contributed by atoms with Crippen LogP contribution in [-0.2, 0) is 21.9 Å². The number of non-ortho nitro benzene ring substituents is 1. The van der Waals surface area contributed by atoms with Gasteiger partial charge in [0.05, 0.1) is 17.8 Å². The fourth-order valence-corrected chi connectivity index (χ4v) is 4.10. The van der Waals surface area contributed by atoms with Gasteiger partial charge >= 0.3 is 0 Å². The van der Waals surface area contributed by atoms with Gasteiger partial charge in [-0.05, 0) is 36.6 Å². The predicted molar refractivity (Wildman–Crippen MR) is 126 cm³/mol. The number of rotatable bonds is 12. The Balaban J connectivity index is 2.11. The van der Waals surface area contributed by atoms with Gasteiger partial charge in [-0.1, -0.05) is 31.2 Å². The monoisotopic (exact) mass is 459 g/mol. The van der Waals surface area contributed by atoms with Crippen LogP contribution in [-0.4, -0.2) is 47.1 Å². The highest BCUT2D eigenvalue weighted by atomic mass is 32.2. The van der Waals surface area contributed by atoms with Crippen molar-refractivity contribution in [3.05, 3.63) is 69.8 Å². The summed E-state index contributed by atoms with van der Waals surface area (Å²) in [5.74, 6) is 1.10. The van der Waals surface area contributed by atoms with Crippen LogP contribution in [0.5, 0.6) is 5.75 Å². The van der Waals surface area contributed by atoms with E-state index in [1.807, 2.05) is 38.1 Å². The van der Waals surface area contributed by atoms with E-state index in [4.69, 9.17) is 4.74 Å². The van der Waals surface area contributed by atoms with Crippen LogP contribution in [0, 0.1) is 10.1 Å². The van der Waals surface area contributed by atoms with Crippen molar-refractivity contribution in [3.63, 3.8) is 0 Å². The molecule has 0 unspecified atom stereocenters. The molecule has 1 N–H and O–H groups in total. The number of carbonyl (C=O) groups excluding carboxylic acids is 2. The van der Waals surface area contributed by atoms with Crippen LogP contribution in [0.25, 0.3) is 0 Å². The third-order valence-corrected chi connectivity index (χ3v) is 5.85. The second-order valence-corrected chi connectivity index (χ2v) is 8.09. The molecule has 9 heteroatoms. The number of likely N-dealkylation sites (N-methyl/N-ethyl adjacent to an activating group) is 1. The highest BCUT2D eigenvalue weighted by Crippen LogP contribution is 2.20. The molecule has 8 nitrogen and oxygen atoms in total. The summed E-state index contributed by atoms with van der Waals surface area (Å²) in [5.41, 5.74) is 1.80. The highest BCUT2D eigenvalue weighted by Gasteiger charge is 2.28. The second-order valence-electron chi connectivity index (χ2n) is 7.11. The van der Waals surface area contributed by atoms with E-state index in [0.29, 0.717) is 31.0 Å². The third-order valence-electron chi connectivity index (χ3n) is 4.87. The smallest absolute Gasteiger partial charge is 0.269 e. The third kappa shape index (κ3) is 7.26. The van der Waals surface area contributed by atoms with Gasteiger partial charge in [-0.2, -0.15) is 0 Å². The van der Waals surface area contributed by atoms with Gasteiger partial charge in [0, 0.05) is 31.0 Å². The predicted octanol–water partition coefficient (Wildman–Crippen LogP) is 3.78. The molecule has 0 aromatic heterocycles. The van der Waals surface area contributed by atoms with Crippen LogP contribution in [0.15, 0.2) is 48.5 Å². The first-order valence-electron chi connectivity index (χ1n) is 10.4. The molecule has 0 aliphatic heterocycles. The lowest BCUT2D eigenvalue weighted by atomic mass is 10.1. The van der Waals surface area contributed by atoms with Crippen LogP contribution in [0.1, 0.15) is 31.4 Å². The number of nitrogens with zero attached hydrogens (tertiary/aromatic N) is 2. The van der Waals surface area contributed by atoms with Crippen molar-refractivity contribution in [1.82, 2.24) is 10.2 Å². The molecule has 2 rings (SSSR count). The van der Waals surface area contributed by atoms with Crippen molar-refractivity contribution in [2.75, 3.05) is 19.4 Å². The first-order valence-corrected chi connectivity index (χ1v) is 11.6. The minimum Gasteiger partial charge on any atom is -0.497 e. The van der Waals surface area contributed by atoms with Gasteiger partial charge in [-0.15, -0.1) is 11.8 Å². The summed E-state index contributed by atoms with van der Waals surface area (Å²) in [6.45, 7) is 4.52. The first-order chi connectivity index (χ1) is 15.4. The number of benzene rings is 2. The van der Waals surface area contributed by atoms with Crippen molar-refractivity contribution in [3.8, 4) is 5.75 Å². The largest absolute Gasteiger partial charge is 0.497 e. The van der Waals surface area contributed by atoms with Gasteiger partial charge < -0.3 is 15.0 Å². The molecule has 0 heterocycles. The molecule has 172 valence electrons. The fourth-order valence-electron chi connectivity index (χ4n) is 3.23. The number of nitro benzene ring substituents is 1. The maximum Gasteiger partial charge on any atom is 0.269 e. The molecule has 0 fully saturated rings. The van der Waals surface area contributed by atoms with E-state index in [-0.39, 0.29) is 23.3 Å². The van der Waals surface area contributed by atoms with E-state index in [1.54, 1.807) is 24.1 Å². The van der Waals surface area contributed by atoms with Gasteiger partial charge in [-0.3, -0.25) is 19.7 Å². The zero-order chi connectivity index (χ0) is 23.5. The van der Waals surface area contributed by atoms with Gasteiger partial charge in [0.15, 0.2) is 0 Å². The topological polar surface area (TPSA) is 102 Å². The Morgan fingerprint density at radius 2 is 1.88 bits per heavy atom. The minimum atomic E-state index is -0.575. The van der Waals surface area contributed by atoms with Crippen molar-refractivity contribution in [2.45, 2.75) is 38.6 Å². The summed E-state index contributed by atoms with van der Waals surface area (Å²) in [4.78, 5) is 37.7. The maximum absolute atomic E-state index is 13.1. The highest BCUT2D eigenvalue weighted by molar-refractivity contribution is 7.99. The summed E-state index contributed by atoms with van der Waals surface area (Å²) in [6.07, 6.45) is 0.495. The lowest BCUT2D eigenvalue weighted by molar-refractivity contribution is -0.384. The number of amides is 2. The normalized spacial score (nSPS) is 11.5. The molecule has 0 radical (unpaired) electrons. The van der Waals surface area contributed by atoms with Crippen molar-refractivity contribution < 1.29 is 19.2 Å². The molecule has 0 aliphatic rings.